The monoisotopic (exact) mass is 399 g/mol. The zero-order valence-corrected chi connectivity index (χ0v) is 15.6. The van der Waals surface area contributed by atoms with Crippen LogP contribution in [0.25, 0.3) is 0 Å². The Balaban J connectivity index is 1.99. The summed E-state index contributed by atoms with van der Waals surface area (Å²) in [4.78, 5) is 20.4. The molecule has 27 heavy (non-hydrogen) atoms. The van der Waals surface area contributed by atoms with E-state index < -0.39 is 29.3 Å². The van der Waals surface area contributed by atoms with Crippen LogP contribution in [0.1, 0.15) is 54.9 Å². The molecule has 2 aromatic rings. The molecule has 1 aliphatic rings. The second kappa shape index (κ2) is 7.20. The first-order valence-corrected chi connectivity index (χ1v) is 9.44. The molecule has 0 bridgehead atoms. The molecular weight excluding hydrogens is 379 g/mol. The molecule has 0 saturated carbocycles. The van der Waals surface area contributed by atoms with E-state index in [0.29, 0.717) is 17.1 Å². The molecule has 5 nitrogen and oxygen atoms in total. The number of rotatable bonds is 5. The number of hydrogen-bond donors (Lipinski definition) is 2. The van der Waals surface area contributed by atoms with Crippen molar-refractivity contribution in [2.24, 2.45) is 5.92 Å². The summed E-state index contributed by atoms with van der Waals surface area (Å²) in [7, 11) is 0. The van der Waals surface area contributed by atoms with Crippen molar-refractivity contribution in [1.82, 2.24) is 15.3 Å². The number of carboxylic acids is 1. The van der Waals surface area contributed by atoms with Crippen LogP contribution in [-0.2, 0) is 11.0 Å². The fourth-order valence-corrected chi connectivity index (χ4v) is 4.47. The van der Waals surface area contributed by atoms with Crippen molar-refractivity contribution in [2.45, 2.75) is 50.4 Å². The van der Waals surface area contributed by atoms with Gasteiger partial charge >= 0.3 is 12.1 Å². The Kier molecular flexibility index (Phi) is 5.27. The Hall–Kier alpha value is -2.00. The van der Waals surface area contributed by atoms with Gasteiger partial charge in [0.2, 0.25) is 0 Å². The topological polar surface area (TPSA) is 75.1 Å². The highest BCUT2D eigenvalue weighted by atomic mass is 32.1. The van der Waals surface area contributed by atoms with Crippen molar-refractivity contribution >= 4 is 17.3 Å². The Morgan fingerprint density at radius 2 is 2.15 bits per heavy atom. The lowest BCUT2D eigenvalue weighted by molar-refractivity contribution is -0.145. The van der Waals surface area contributed by atoms with Gasteiger partial charge in [-0.1, -0.05) is 13.8 Å². The van der Waals surface area contributed by atoms with Crippen molar-refractivity contribution in [3.63, 3.8) is 0 Å². The predicted molar refractivity (Wildman–Crippen MR) is 94.4 cm³/mol. The molecule has 0 radical (unpaired) electrons. The first-order chi connectivity index (χ1) is 12.6. The summed E-state index contributed by atoms with van der Waals surface area (Å²) < 4.78 is 38.5. The van der Waals surface area contributed by atoms with Crippen molar-refractivity contribution in [1.29, 1.82) is 0 Å². The Labute approximate surface area is 158 Å². The van der Waals surface area contributed by atoms with Gasteiger partial charge in [-0.3, -0.25) is 15.1 Å². The number of carbonyl (C=O) groups is 1. The van der Waals surface area contributed by atoms with Gasteiger partial charge in [-0.25, -0.2) is 4.98 Å². The fraction of sp³-hybridized carbons (Fsp3) is 0.500. The molecule has 3 rings (SSSR count). The Morgan fingerprint density at radius 1 is 1.41 bits per heavy atom. The van der Waals surface area contributed by atoms with Crippen LogP contribution in [0.3, 0.4) is 0 Å². The molecule has 2 aromatic heterocycles. The summed E-state index contributed by atoms with van der Waals surface area (Å²) in [5.74, 6) is -1.22. The maximum Gasteiger partial charge on any atom is 0.417 e. The number of hydrogen-bond acceptors (Lipinski definition) is 5. The minimum atomic E-state index is -4.46. The summed E-state index contributed by atoms with van der Waals surface area (Å²) >= 11 is 1.38. The Bertz CT molecular complexity index is 793. The van der Waals surface area contributed by atoms with Crippen LogP contribution >= 0.6 is 11.3 Å². The van der Waals surface area contributed by atoms with E-state index in [0.717, 1.165) is 12.3 Å². The molecule has 146 valence electrons. The minimum absolute atomic E-state index is 0.129. The van der Waals surface area contributed by atoms with Crippen molar-refractivity contribution in [3.8, 4) is 0 Å². The summed E-state index contributed by atoms with van der Waals surface area (Å²) in [5, 5.41) is 15.6. The van der Waals surface area contributed by atoms with Gasteiger partial charge in [0.25, 0.3) is 0 Å². The number of aliphatic carboxylic acids is 1. The lowest BCUT2D eigenvalue weighted by atomic mass is 9.83. The van der Waals surface area contributed by atoms with E-state index in [2.05, 4.69) is 15.3 Å². The van der Waals surface area contributed by atoms with Crippen LogP contribution in [0.4, 0.5) is 13.2 Å². The van der Waals surface area contributed by atoms with Gasteiger partial charge in [0, 0.05) is 29.4 Å². The number of alkyl halides is 3. The van der Waals surface area contributed by atoms with E-state index in [1.54, 1.807) is 11.6 Å². The van der Waals surface area contributed by atoms with Crippen LogP contribution in [0.2, 0.25) is 0 Å². The summed E-state index contributed by atoms with van der Waals surface area (Å²) in [6.45, 7) is 3.88. The zero-order chi connectivity index (χ0) is 19.8. The molecule has 9 heteroatoms. The summed E-state index contributed by atoms with van der Waals surface area (Å²) in [6.07, 6.45) is -1.39. The van der Waals surface area contributed by atoms with Crippen LogP contribution in [0, 0.1) is 5.92 Å². The maximum absolute atomic E-state index is 12.8. The number of thiazole rings is 1. The smallest absolute Gasteiger partial charge is 0.417 e. The second-order valence-corrected chi connectivity index (χ2v) is 8.18. The number of halogens is 3. The number of aromatic nitrogens is 2. The van der Waals surface area contributed by atoms with Crippen LogP contribution < -0.4 is 5.32 Å². The number of nitrogens with zero attached hydrogens (tertiary/aromatic N) is 2. The van der Waals surface area contributed by atoms with E-state index in [1.165, 1.54) is 17.4 Å². The molecule has 3 heterocycles. The molecular formula is C18H20F3N3O2S. The van der Waals surface area contributed by atoms with Crippen LogP contribution in [0.5, 0.6) is 0 Å². The average Bonchev–Trinajstić information content (AvgIpc) is 3.21. The van der Waals surface area contributed by atoms with E-state index in [4.69, 9.17) is 0 Å². The van der Waals surface area contributed by atoms with Crippen molar-refractivity contribution < 1.29 is 23.1 Å². The molecule has 0 unspecified atom stereocenters. The second-order valence-electron chi connectivity index (χ2n) is 7.26. The first-order valence-electron chi connectivity index (χ1n) is 8.56. The predicted octanol–water partition coefficient (Wildman–Crippen LogP) is 4.24. The van der Waals surface area contributed by atoms with E-state index in [1.807, 2.05) is 13.8 Å². The van der Waals surface area contributed by atoms with Crippen molar-refractivity contribution in [3.05, 3.63) is 46.2 Å². The lowest BCUT2D eigenvalue weighted by Gasteiger charge is -2.27. The zero-order valence-electron chi connectivity index (χ0n) is 14.8. The maximum atomic E-state index is 12.8. The highest BCUT2D eigenvalue weighted by molar-refractivity contribution is 7.09. The van der Waals surface area contributed by atoms with Gasteiger partial charge in [-0.2, -0.15) is 13.2 Å². The molecule has 0 aliphatic carbocycles. The molecule has 1 saturated heterocycles. The largest absolute Gasteiger partial charge is 0.480 e. The molecule has 1 fully saturated rings. The Morgan fingerprint density at radius 3 is 2.63 bits per heavy atom. The average molecular weight is 399 g/mol. The normalized spacial score (nSPS) is 25.9. The van der Waals surface area contributed by atoms with Gasteiger partial charge in [-0.05, 0) is 30.9 Å². The van der Waals surface area contributed by atoms with Gasteiger partial charge < -0.3 is 5.11 Å². The SMILES string of the molecule is CC(C)C[C@@]1(C(=O)O)C[C@H](c2ccc(C(F)(F)F)cn2)[C@H](c2nccs2)N1. The summed E-state index contributed by atoms with van der Waals surface area (Å²) in [6, 6.07) is 1.91. The quantitative estimate of drug-likeness (QED) is 0.786. The first kappa shape index (κ1) is 19.8. The summed E-state index contributed by atoms with van der Waals surface area (Å²) in [5.41, 5.74) is -1.56. The van der Waals surface area contributed by atoms with E-state index in [-0.39, 0.29) is 18.3 Å². The van der Waals surface area contributed by atoms with E-state index in [9.17, 15) is 23.1 Å². The van der Waals surface area contributed by atoms with Gasteiger partial charge in [0.1, 0.15) is 10.5 Å². The van der Waals surface area contributed by atoms with Crippen LogP contribution in [0.15, 0.2) is 29.9 Å². The highest BCUT2D eigenvalue weighted by Crippen LogP contribution is 2.47. The molecule has 3 atom stereocenters. The molecule has 0 amide bonds. The number of pyridine rings is 1. The molecule has 1 aliphatic heterocycles. The third-order valence-corrected chi connectivity index (χ3v) is 5.64. The third-order valence-electron chi connectivity index (χ3n) is 4.78. The lowest BCUT2D eigenvalue weighted by Crippen LogP contribution is -2.49. The third kappa shape index (κ3) is 3.98. The minimum Gasteiger partial charge on any atom is -0.480 e. The fourth-order valence-electron chi connectivity index (χ4n) is 3.72. The molecule has 0 spiro atoms. The van der Waals surface area contributed by atoms with E-state index >= 15 is 0 Å². The van der Waals surface area contributed by atoms with Gasteiger partial charge in [0.05, 0.1) is 11.6 Å². The van der Waals surface area contributed by atoms with Gasteiger partial charge in [0.15, 0.2) is 0 Å². The van der Waals surface area contributed by atoms with Gasteiger partial charge in [-0.15, -0.1) is 11.3 Å². The molecule has 2 N–H and O–H groups in total. The molecule has 0 aromatic carbocycles. The van der Waals surface area contributed by atoms with Crippen LogP contribution in [-0.4, -0.2) is 26.6 Å². The highest BCUT2D eigenvalue weighted by Gasteiger charge is 2.52. The standard InChI is InChI=1S/C18H20F3N3O2S/c1-10(2)7-17(16(25)26)8-12(14(24-17)15-22-5-6-27-15)13-4-3-11(9-23-13)18(19,20)21/h3-6,9-10,12,14,24H,7-8H2,1-2H3,(H,25,26)/t12-,14-,17+/m1/s1. The number of carboxylic acid groups (broad SMARTS) is 1. The van der Waals surface area contributed by atoms with Crippen molar-refractivity contribution in [2.75, 3.05) is 0 Å². The number of nitrogens with one attached hydrogen (secondary N) is 1.